The van der Waals surface area contributed by atoms with E-state index in [0.29, 0.717) is 19.1 Å². The van der Waals surface area contributed by atoms with Crippen LogP contribution < -0.4 is 11.1 Å². The van der Waals surface area contributed by atoms with Crippen LogP contribution in [-0.2, 0) is 9.53 Å². The molecule has 96 valence electrons. The Labute approximate surface area is 98.9 Å². The Kier molecular flexibility index (Phi) is 6.60. The molecule has 0 saturated heterocycles. The van der Waals surface area contributed by atoms with E-state index >= 15 is 0 Å². The Hall–Kier alpha value is -0.610. The van der Waals surface area contributed by atoms with Crippen molar-refractivity contribution >= 4 is 5.91 Å². The van der Waals surface area contributed by atoms with Crippen LogP contribution in [0.1, 0.15) is 41.0 Å². The van der Waals surface area contributed by atoms with Gasteiger partial charge in [-0.3, -0.25) is 10.1 Å². The van der Waals surface area contributed by atoms with Gasteiger partial charge in [0.25, 0.3) is 0 Å². The van der Waals surface area contributed by atoms with E-state index in [-0.39, 0.29) is 11.9 Å². The third-order valence-corrected chi connectivity index (χ3v) is 2.38. The fraction of sp³-hybridized carbons (Fsp3) is 0.917. The molecule has 0 aromatic rings. The summed E-state index contributed by atoms with van der Waals surface area (Å²) >= 11 is 0. The molecule has 0 heterocycles. The van der Waals surface area contributed by atoms with E-state index < -0.39 is 5.54 Å². The average Bonchev–Trinajstić information content (AvgIpc) is 2.10. The topological polar surface area (TPSA) is 64.3 Å². The van der Waals surface area contributed by atoms with Gasteiger partial charge in [-0.05, 0) is 33.1 Å². The van der Waals surface area contributed by atoms with Crippen LogP contribution in [0.3, 0.4) is 0 Å². The molecule has 1 atom stereocenters. The minimum Gasteiger partial charge on any atom is -0.379 e. The Balaban J connectivity index is 4.08. The van der Waals surface area contributed by atoms with Crippen LogP contribution in [-0.4, -0.2) is 30.7 Å². The first-order valence-corrected chi connectivity index (χ1v) is 5.93. The number of rotatable bonds is 8. The van der Waals surface area contributed by atoms with Gasteiger partial charge in [0.1, 0.15) is 5.54 Å². The van der Waals surface area contributed by atoms with Gasteiger partial charge < -0.3 is 10.5 Å². The second kappa shape index (κ2) is 6.86. The van der Waals surface area contributed by atoms with E-state index in [1.807, 2.05) is 13.8 Å². The Morgan fingerprint density at radius 1 is 1.38 bits per heavy atom. The van der Waals surface area contributed by atoms with Crippen LogP contribution in [0, 0.1) is 5.92 Å². The summed E-state index contributed by atoms with van der Waals surface area (Å²) in [4.78, 5) is 11.4. The third-order valence-electron chi connectivity index (χ3n) is 2.38. The molecule has 0 aliphatic carbocycles. The maximum absolute atomic E-state index is 11.4. The number of carbonyl (C=O) groups is 1. The lowest BCUT2D eigenvalue weighted by Crippen LogP contribution is -2.58. The van der Waals surface area contributed by atoms with Crippen molar-refractivity contribution in [3.8, 4) is 0 Å². The molecule has 0 bridgehead atoms. The maximum atomic E-state index is 11.4. The van der Waals surface area contributed by atoms with Gasteiger partial charge in [0.05, 0.1) is 6.61 Å². The fourth-order valence-electron chi connectivity index (χ4n) is 1.42. The first-order chi connectivity index (χ1) is 7.28. The number of primary amides is 1. The first kappa shape index (κ1) is 15.4. The lowest BCUT2D eigenvalue weighted by atomic mass is 10.0. The highest BCUT2D eigenvalue weighted by atomic mass is 16.5. The molecule has 0 aromatic carbocycles. The fourth-order valence-corrected chi connectivity index (χ4v) is 1.42. The lowest BCUT2D eigenvalue weighted by molar-refractivity contribution is -0.126. The van der Waals surface area contributed by atoms with Crippen molar-refractivity contribution in [3.63, 3.8) is 0 Å². The van der Waals surface area contributed by atoms with Crippen LogP contribution in [0.5, 0.6) is 0 Å². The third kappa shape index (κ3) is 6.08. The molecule has 4 nitrogen and oxygen atoms in total. The summed E-state index contributed by atoms with van der Waals surface area (Å²) in [6, 6.07) is 0.200. The highest BCUT2D eigenvalue weighted by Gasteiger charge is 2.31. The first-order valence-electron chi connectivity index (χ1n) is 5.93. The zero-order chi connectivity index (χ0) is 12.8. The summed E-state index contributed by atoms with van der Waals surface area (Å²) in [7, 11) is 0. The molecule has 16 heavy (non-hydrogen) atoms. The van der Waals surface area contributed by atoms with Crippen molar-refractivity contribution in [3.05, 3.63) is 0 Å². The number of amides is 1. The highest BCUT2D eigenvalue weighted by Crippen LogP contribution is 2.07. The molecule has 0 aliphatic heterocycles. The quantitative estimate of drug-likeness (QED) is 0.618. The normalized spacial score (nSPS) is 15.4. The van der Waals surface area contributed by atoms with Crippen molar-refractivity contribution in [2.24, 2.45) is 11.7 Å². The molecular formula is C12H26N2O2. The molecule has 0 saturated carbocycles. The van der Waals surface area contributed by atoms with Crippen molar-refractivity contribution in [2.75, 3.05) is 13.2 Å². The average molecular weight is 230 g/mol. The molecule has 0 aliphatic rings. The molecule has 3 N–H and O–H groups in total. The van der Waals surface area contributed by atoms with E-state index in [1.165, 1.54) is 0 Å². The number of hydrogen-bond acceptors (Lipinski definition) is 3. The molecule has 4 heteroatoms. The molecule has 0 rings (SSSR count). The summed E-state index contributed by atoms with van der Waals surface area (Å²) in [5, 5.41) is 3.14. The van der Waals surface area contributed by atoms with E-state index in [1.54, 1.807) is 6.92 Å². The van der Waals surface area contributed by atoms with Gasteiger partial charge in [-0.25, -0.2) is 0 Å². The number of nitrogens with two attached hydrogens (primary N) is 1. The SMILES string of the molecule is CC(C)CCOCC(C)(NC(C)C)C(N)=O. The van der Waals surface area contributed by atoms with Crippen molar-refractivity contribution < 1.29 is 9.53 Å². The smallest absolute Gasteiger partial charge is 0.239 e. The molecule has 0 spiro atoms. The predicted molar refractivity (Wildman–Crippen MR) is 66.1 cm³/mol. The van der Waals surface area contributed by atoms with E-state index in [4.69, 9.17) is 10.5 Å². The molecule has 1 unspecified atom stereocenters. The van der Waals surface area contributed by atoms with Gasteiger partial charge in [0.2, 0.25) is 5.91 Å². The number of carbonyl (C=O) groups excluding carboxylic acids is 1. The van der Waals surface area contributed by atoms with Gasteiger partial charge in [-0.15, -0.1) is 0 Å². The summed E-state index contributed by atoms with van der Waals surface area (Å²) in [6.45, 7) is 11.0. The molecular weight excluding hydrogens is 204 g/mol. The van der Waals surface area contributed by atoms with E-state index in [2.05, 4.69) is 19.2 Å². The summed E-state index contributed by atoms with van der Waals surface area (Å²) in [5.41, 5.74) is 4.61. The van der Waals surface area contributed by atoms with Crippen LogP contribution in [0.4, 0.5) is 0 Å². The molecule has 0 aromatic heterocycles. The van der Waals surface area contributed by atoms with Crippen LogP contribution >= 0.6 is 0 Å². The van der Waals surface area contributed by atoms with Gasteiger partial charge in [-0.2, -0.15) is 0 Å². The largest absolute Gasteiger partial charge is 0.379 e. The van der Waals surface area contributed by atoms with Crippen molar-refractivity contribution in [2.45, 2.75) is 52.6 Å². The number of hydrogen-bond donors (Lipinski definition) is 2. The lowest BCUT2D eigenvalue weighted by Gasteiger charge is -2.29. The monoisotopic (exact) mass is 230 g/mol. The molecule has 0 radical (unpaired) electrons. The molecule has 0 fully saturated rings. The number of nitrogens with one attached hydrogen (secondary N) is 1. The minimum absolute atomic E-state index is 0.200. The van der Waals surface area contributed by atoms with Gasteiger partial charge in [0, 0.05) is 12.6 Å². The summed E-state index contributed by atoms with van der Waals surface area (Å²) in [6.07, 6.45) is 0.997. The minimum atomic E-state index is -0.773. The van der Waals surface area contributed by atoms with Crippen LogP contribution in [0.15, 0.2) is 0 Å². The summed E-state index contributed by atoms with van der Waals surface area (Å²) in [5.74, 6) is 0.239. The molecule has 1 amide bonds. The van der Waals surface area contributed by atoms with Gasteiger partial charge in [0.15, 0.2) is 0 Å². The van der Waals surface area contributed by atoms with Crippen LogP contribution in [0.2, 0.25) is 0 Å². The standard InChI is InChI=1S/C12H26N2O2/c1-9(2)6-7-16-8-12(5,11(13)15)14-10(3)4/h9-10,14H,6-8H2,1-5H3,(H2,13,15). The van der Waals surface area contributed by atoms with E-state index in [9.17, 15) is 4.79 Å². The van der Waals surface area contributed by atoms with Crippen LogP contribution in [0.25, 0.3) is 0 Å². The Morgan fingerprint density at radius 2 is 1.94 bits per heavy atom. The highest BCUT2D eigenvalue weighted by molar-refractivity contribution is 5.84. The maximum Gasteiger partial charge on any atom is 0.239 e. The van der Waals surface area contributed by atoms with E-state index in [0.717, 1.165) is 6.42 Å². The zero-order valence-electron chi connectivity index (χ0n) is 11.2. The summed E-state index contributed by atoms with van der Waals surface area (Å²) < 4.78 is 5.51. The second-order valence-corrected chi connectivity index (χ2v) is 5.23. The second-order valence-electron chi connectivity index (χ2n) is 5.23. The van der Waals surface area contributed by atoms with Gasteiger partial charge in [-0.1, -0.05) is 13.8 Å². The van der Waals surface area contributed by atoms with Gasteiger partial charge >= 0.3 is 0 Å². The predicted octanol–water partition coefficient (Wildman–Crippen LogP) is 1.29. The zero-order valence-corrected chi connectivity index (χ0v) is 11.2. The Bertz CT molecular complexity index is 217. The number of ether oxygens (including phenoxy) is 1. The Morgan fingerprint density at radius 3 is 2.31 bits per heavy atom. The van der Waals surface area contributed by atoms with Crippen molar-refractivity contribution in [1.29, 1.82) is 0 Å². The van der Waals surface area contributed by atoms with Crippen molar-refractivity contribution in [1.82, 2.24) is 5.32 Å².